The van der Waals surface area contributed by atoms with E-state index in [4.69, 9.17) is 4.74 Å². The number of fused-ring (bicyclic) bond motifs is 1. The second-order valence-electron chi connectivity index (χ2n) is 6.70. The van der Waals surface area contributed by atoms with Gasteiger partial charge in [0.1, 0.15) is 12.3 Å². The number of likely N-dealkylation sites (N-methyl/N-ethyl adjacent to an activating group) is 1. The smallest absolute Gasteiger partial charge is 0.248 e. The first-order chi connectivity index (χ1) is 14.6. The molecule has 0 bridgehead atoms. The van der Waals surface area contributed by atoms with Gasteiger partial charge in [0.25, 0.3) is 0 Å². The van der Waals surface area contributed by atoms with Gasteiger partial charge in [0.2, 0.25) is 5.91 Å². The van der Waals surface area contributed by atoms with Crippen LogP contribution < -0.4 is 9.64 Å². The third kappa shape index (κ3) is 3.71. The number of rotatable bonds is 7. The lowest BCUT2D eigenvalue weighted by atomic mass is 10.0. The Morgan fingerprint density at radius 1 is 1.17 bits per heavy atom. The largest absolute Gasteiger partial charge is 0.497 e. The highest BCUT2D eigenvalue weighted by Crippen LogP contribution is 2.28. The van der Waals surface area contributed by atoms with Crippen LogP contribution in [0.5, 0.6) is 5.75 Å². The fourth-order valence-electron chi connectivity index (χ4n) is 3.45. The first kappa shape index (κ1) is 19.8. The van der Waals surface area contributed by atoms with Crippen molar-refractivity contribution < 1.29 is 14.3 Å². The molecule has 0 unspecified atom stereocenters. The van der Waals surface area contributed by atoms with E-state index in [1.807, 2.05) is 53.3 Å². The molecule has 0 aliphatic carbocycles. The van der Waals surface area contributed by atoms with Gasteiger partial charge in [-0.15, -0.1) is 11.3 Å². The van der Waals surface area contributed by atoms with Crippen LogP contribution in [0.1, 0.15) is 22.8 Å². The number of ether oxygens (including phenoxy) is 1. The summed E-state index contributed by atoms with van der Waals surface area (Å²) < 4.78 is 7.17. The molecule has 0 aliphatic heterocycles. The molecular formula is C23H21N3O3S. The van der Waals surface area contributed by atoms with E-state index in [0.29, 0.717) is 28.6 Å². The summed E-state index contributed by atoms with van der Waals surface area (Å²) in [5.41, 5.74) is 1.94. The molecule has 0 saturated carbocycles. The number of aromatic nitrogens is 2. The average Bonchev–Trinajstić information content (AvgIpc) is 3.43. The minimum Gasteiger partial charge on any atom is -0.497 e. The Hall–Kier alpha value is -3.45. The number of hydrogen-bond donors (Lipinski definition) is 0. The minimum atomic E-state index is -0.0918. The van der Waals surface area contributed by atoms with E-state index in [1.54, 1.807) is 36.5 Å². The fraction of sp³-hybridized carbons (Fsp3) is 0.174. The number of benzene rings is 2. The summed E-state index contributed by atoms with van der Waals surface area (Å²) in [5.74, 6) is 0.496. The van der Waals surface area contributed by atoms with Gasteiger partial charge in [-0.05, 0) is 19.1 Å². The maximum Gasteiger partial charge on any atom is 0.248 e. The SMILES string of the molecule is CCN(C(=O)Cn1cc(C(=O)c2ccccc2)c2ccc(OC)cc21)c1nccs1. The van der Waals surface area contributed by atoms with Crippen LogP contribution in [0.15, 0.2) is 66.3 Å². The Balaban J connectivity index is 1.75. The molecule has 2 aromatic carbocycles. The predicted octanol–water partition coefficient (Wildman–Crippen LogP) is 4.39. The number of hydrogen-bond acceptors (Lipinski definition) is 5. The Morgan fingerprint density at radius 2 is 1.97 bits per heavy atom. The summed E-state index contributed by atoms with van der Waals surface area (Å²) in [6.45, 7) is 2.53. The molecule has 152 valence electrons. The van der Waals surface area contributed by atoms with Gasteiger partial charge < -0.3 is 9.30 Å². The normalized spacial score (nSPS) is 10.9. The minimum absolute atomic E-state index is 0.0794. The fourth-order valence-corrected chi connectivity index (χ4v) is 4.18. The van der Waals surface area contributed by atoms with E-state index in [0.717, 1.165) is 10.9 Å². The molecule has 0 spiro atoms. The molecule has 0 N–H and O–H groups in total. The van der Waals surface area contributed by atoms with Crippen LogP contribution in [-0.4, -0.2) is 34.9 Å². The van der Waals surface area contributed by atoms with Crippen molar-refractivity contribution in [1.29, 1.82) is 0 Å². The third-order valence-corrected chi connectivity index (χ3v) is 5.74. The molecule has 0 atom stereocenters. The Labute approximate surface area is 178 Å². The molecule has 2 heterocycles. The van der Waals surface area contributed by atoms with Crippen LogP contribution in [0.3, 0.4) is 0 Å². The number of methoxy groups -OCH3 is 1. The van der Waals surface area contributed by atoms with E-state index in [9.17, 15) is 9.59 Å². The average molecular weight is 420 g/mol. The van der Waals surface area contributed by atoms with Crippen molar-refractivity contribution in [3.63, 3.8) is 0 Å². The number of ketones is 1. The van der Waals surface area contributed by atoms with Crippen LogP contribution in [0.25, 0.3) is 10.9 Å². The molecule has 0 fully saturated rings. The zero-order valence-electron chi connectivity index (χ0n) is 16.7. The van der Waals surface area contributed by atoms with Gasteiger partial charge >= 0.3 is 0 Å². The topological polar surface area (TPSA) is 64.4 Å². The van der Waals surface area contributed by atoms with E-state index in [1.165, 1.54) is 11.3 Å². The molecular weight excluding hydrogens is 398 g/mol. The highest BCUT2D eigenvalue weighted by atomic mass is 32.1. The monoisotopic (exact) mass is 419 g/mol. The lowest BCUT2D eigenvalue weighted by Gasteiger charge is -2.18. The highest BCUT2D eigenvalue weighted by molar-refractivity contribution is 7.13. The van der Waals surface area contributed by atoms with Crippen LogP contribution in [0.2, 0.25) is 0 Å². The maximum absolute atomic E-state index is 13.1. The summed E-state index contributed by atoms with van der Waals surface area (Å²) in [6.07, 6.45) is 3.44. The molecule has 0 aliphatic rings. The summed E-state index contributed by atoms with van der Waals surface area (Å²) in [7, 11) is 1.59. The Kier molecular flexibility index (Phi) is 5.63. The molecule has 7 heteroatoms. The number of anilines is 1. The molecule has 0 radical (unpaired) electrons. The van der Waals surface area contributed by atoms with E-state index in [-0.39, 0.29) is 18.2 Å². The van der Waals surface area contributed by atoms with E-state index in [2.05, 4.69) is 4.98 Å². The first-order valence-electron chi connectivity index (χ1n) is 9.59. The molecule has 4 rings (SSSR count). The number of nitrogens with zero attached hydrogens (tertiary/aromatic N) is 3. The molecule has 6 nitrogen and oxygen atoms in total. The van der Waals surface area contributed by atoms with Crippen molar-refractivity contribution in [1.82, 2.24) is 9.55 Å². The number of carbonyl (C=O) groups excluding carboxylic acids is 2. The lowest BCUT2D eigenvalue weighted by Crippen LogP contribution is -2.33. The standard InChI is InChI=1S/C23H21N3O3S/c1-3-26(23-24-11-12-30-23)21(27)15-25-14-19(22(28)16-7-5-4-6-8-16)18-10-9-17(29-2)13-20(18)25/h4-14H,3,15H2,1-2H3. The number of thiazole rings is 1. The third-order valence-electron chi connectivity index (χ3n) is 4.94. The molecule has 4 aromatic rings. The van der Waals surface area contributed by atoms with Gasteiger partial charge in [-0.1, -0.05) is 30.3 Å². The highest BCUT2D eigenvalue weighted by Gasteiger charge is 2.21. The maximum atomic E-state index is 13.1. The van der Waals surface area contributed by atoms with Gasteiger partial charge in [0.05, 0.1) is 12.6 Å². The number of amides is 1. The Bertz CT molecular complexity index is 1180. The van der Waals surface area contributed by atoms with Gasteiger partial charge in [-0.3, -0.25) is 14.5 Å². The molecule has 1 amide bonds. The summed E-state index contributed by atoms with van der Waals surface area (Å²) >= 11 is 1.42. The van der Waals surface area contributed by atoms with E-state index >= 15 is 0 Å². The van der Waals surface area contributed by atoms with Gasteiger partial charge in [-0.2, -0.15) is 0 Å². The van der Waals surface area contributed by atoms with Crippen molar-refractivity contribution in [2.75, 3.05) is 18.6 Å². The zero-order chi connectivity index (χ0) is 21.1. The molecule has 0 saturated heterocycles. The second-order valence-corrected chi connectivity index (χ2v) is 7.57. The Morgan fingerprint density at radius 3 is 2.63 bits per heavy atom. The van der Waals surface area contributed by atoms with Crippen molar-refractivity contribution >= 4 is 39.1 Å². The van der Waals surface area contributed by atoms with Crippen LogP contribution >= 0.6 is 11.3 Å². The van der Waals surface area contributed by atoms with Crippen molar-refractivity contribution in [2.45, 2.75) is 13.5 Å². The second kappa shape index (κ2) is 8.51. The van der Waals surface area contributed by atoms with E-state index < -0.39 is 0 Å². The first-order valence-corrected chi connectivity index (χ1v) is 10.5. The summed E-state index contributed by atoms with van der Waals surface area (Å²) in [4.78, 5) is 32.1. The van der Waals surface area contributed by atoms with Gasteiger partial charge in [-0.25, -0.2) is 4.98 Å². The van der Waals surface area contributed by atoms with Crippen LogP contribution in [0.4, 0.5) is 5.13 Å². The summed E-state index contributed by atoms with van der Waals surface area (Å²) in [6, 6.07) is 14.7. The molecule has 2 aromatic heterocycles. The number of carbonyl (C=O) groups is 2. The van der Waals surface area contributed by atoms with Crippen LogP contribution in [-0.2, 0) is 11.3 Å². The van der Waals surface area contributed by atoms with Crippen molar-refractivity contribution in [3.8, 4) is 5.75 Å². The van der Waals surface area contributed by atoms with Crippen LogP contribution in [0, 0.1) is 0 Å². The predicted molar refractivity (Wildman–Crippen MR) is 119 cm³/mol. The van der Waals surface area contributed by atoms with Crippen molar-refractivity contribution in [3.05, 3.63) is 77.4 Å². The zero-order valence-corrected chi connectivity index (χ0v) is 17.6. The van der Waals surface area contributed by atoms with Gasteiger partial charge in [0.15, 0.2) is 10.9 Å². The van der Waals surface area contributed by atoms with Crippen molar-refractivity contribution in [2.24, 2.45) is 0 Å². The molecule has 30 heavy (non-hydrogen) atoms. The quantitative estimate of drug-likeness (QED) is 0.417. The lowest BCUT2D eigenvalue weighted by molar-refractivity contribution is -0.119. The summed E-state index contributed by atoms with van der Waals surface area (Å²) in [5, 5.41) is 3.30. The van der Waals surface area contributed by atoms with Gasteiger partial charge in [0, 0.05) is 46.9 Å².